The number of hydrogen-bond donors (Lipinski definition) is 0. The van der Waals surface area contributed by atoms with E-state index in [4.69, 9.17) is 9.47 Å². The lowest BCUT2D eigenvalue weighted by atomic mass is 10.2. The van der Waals surface area contributed by atoms with E-state index in [2.05, 4.69) is 24.4 Å². The molecule has 3 aromatic rings. The Kier molecular flexibility index (Phi) is 4.12. The van der Waals surface area contributed by atoms with Crippen LogP contribution in [0.1, 0.15) is 12.8 Å². The van der Waals surface area contributed by atoms with Crippen LogP contribution in [0.2, 0.25) is 0 Å². The van der Waals surface area contributed by atoms with Gasteiger partial charge >= 0.3 is 0 Å². The van der Waals surface area contributed by atoms with Gasteiger partial charge in [-0.15, -0.1) is 0 Å². The van der Waals surface area contributed by atoms with Gasteiger partial charge in [0.2, 0.25) is 5.95 Å². The van der Waals surface area contributed by atoms with Gasteiger partial charge in [-0.2, -0.15) is 0 Å². The number of hydrogen-bond acceptors (Lipinski definition) is 6. The van der Waals surface area contributed by atoms with Gasteiger partial charge in [0, 0.05) is 37.9 Å². The van der Waals surface area contributed by atoms with E-state index in [1.54, 1.807) is 6.20 Å². The summed E-state index contributed by atoms with van der Waals surface area (Å²) in [6, 6.07) is 7.75. The fraction of sp³-hybridized carbons (Fsp3) is 0.350. The molecule has 2 aromatic heterocycles. The molecule has 2 aliphatic heterocycles. The molecule has 1 fully saturated rings. The minimum Gasteiger partial charge on any atom is -0.486 e. The normalized spacial score (nSPS) is 18.7. The SMILES string of the molecule is c1ccc2c(c1)OC[C@@H](Cn1ccnc1-c1cnc(N3CCCC3)nc1)O2. The maximum absolute atomic E-state index is 6.07. The first-order chi connectivity index (χ1) is 13.4. The van der Waals surface area contributed by atoms with E-state index in [1.807, 2.05) is 42.9 Å². The number of rotatable bonds is 4. The van der Waals surface area contributed by atoms with Crippen LogP contribution in [0.15, 0.2) is 49.1 Å². The molecule has 0 N–H and O–H groups in total. The number of fused-ring (bicyclic) bond motifs is 1. The highest BCUT2D eigenvalue weighted by atomic mass is 16.6. The van der Waals surface area contributed by atoms with Crippen molar-refractivity contribution in [1.29, 1.82) is 0 Å². The van der Waals surface area contributed by atoms with Crippen LogP contribution < -0.4 is 14.4 Å². The predicted octanol–water partition coefficient (Wildman–Crippen LogP) is 2.78. The topological polar surface area (TPSA) is 65.3 Å². The van der Waals surface area contributed by atoms with Gasteiger partial charge in [-0.3, -0.25) is 0 Å². The molecule has 0 saturated carbocycles. The lowest BCUT2D eigenvalue weighted by Crippen LogP contribution is -2.33. The molecule has 27 heavy (non-hydrogen) atoms. The zero-order valence-corrected chi connectivity index (χ0v) is 15.0. The van der Waals surface area contributed by atoms with Crippen LogP contribution in [-0.4, -0.2) is 45.3 Å². The Morgan fingerprint density at radius 2 is 1.78 bits per heavy atom. The molecular formula is C20H21N5O2. The number of nitrogens with zero attached hydrogens (tertiary/aromatic N) is 5. The lowest BCUT2D eigenvalue weighted by Gasteiger charge is -2.27. The van der Waals surface area contributed by atoms with Crippen LogP contribution in [0.4, 0.5) is 5.95 Å². The van der Waals surface area contributed by atoms with Crippen LogP contribution in [0.5, 0.6) is 11.5 Å². The molecule has 1 saturated heterocycles. The summed E-state index contributed by atoms with van der Waals surface area (Å²) in [5, 5.41) is 0. The van der Waals surface area contributed by atoms with Crippen molar-refractivity contribution in [3.05, 3.63) is 49.1 Å². The minimum atomic E-state index is -0.0716. The van der Waals surface area contributed by atoms with Gasteiger partial charge in [0.05, 0.1) is 12.1 Å². The second-order valence-corrected chi connectivity index (χ2v) is 6.87. The van der Waals surface area contributed by atoms with E-state index in [0.717, 1.165) is 41.9 Å². The quantitative estimate of drug-likeness (QED) is 0.710. The third kappa shape index (κ3) is 3.20. The molecule has 0 amide bonds. The van der Waals surface area contributed by atoms with E-state index in [0.29, 0.717) is 13.2 Å². The summed E-state index contributed by atoms with van der Waals surface area (Å²) in [5.41, 5.74) is 0.903. The molecule has 5 rings (SSSR count). The van der Waals surface area contributed by atoms with Gasteiger partial charge in [0.25, 0.3) is 0 Å². The highest BCUT2D eigenvalue weighted by Crippen LogP contribution is 2.31. The van der Waals surface area contributed by atoms with E-state index >= 15 is 0 Å². The number of imidazole rings is 1. The van der Waals surface area contributed by atoms with Crippen molar-refractivity contribution >= 4 is 5.95 Å². The lowest BCUT2D eigenvalue weighted by molar-refractivity contribution is 0.0788. The van der Waals surface area contributed by atoms with Gasteiger partial charge < -0.3 is 18.9 Å². The molecule has 0 unspecified atom stereocenters. The van der Waals surface area contributed by atoms with Crippen molar-refractivity contribution in [3.8, 4) is 22.9 Å². The average Bonchev–Trinajstić information content (AvgIpc) is 3.40. The first kappa shape index (κ1) is 16.1. The first-order valence-electron chi connectivity index (χ1n) is 9.34. The molecule has 7 nitrogen and oxygen atoms in total. The molecule has 0 bridgehead atoms. The second kappa shape index (κ2) is 6.90. The molecule has 4 heterocycles. The second-order valence-electron chi connectivity index (χ2n) is 6.87. The summed E-state index contributed by atoms with van der Waals surface area (Å²) >= 11 is 0. The maximum atomic E-state index is 6.07. The van der Waals surface area contributed by atoms with Gasteiger partial charge in [-0.05, 0) is 25.0 Å². The largest absolute Gasteiger partial charge is 0.486 e. The number of aromatic nitrogens is 4. The van der Waals surface area contributed by atoms with E-state index in [1.165, 1.54) is 12.8 Å². The highest BCUT2D eigenvalue weighted by Gasteiger charge is 2.22. The van der Waals surface area contributed by atoms with Gasteiger partial charge in [0.15, 0.2) is 17.6 Å². The predicted molar refractivity (Wildman–Crippen MR) is 101 cm³/mol. The first-order valence-corrected chi connectivity index (χ1v) is 9.34. The summed E-state index contributed by atoms with van der Waals surface area (Å²) in [7, 11) is 0. The van der Waals surface area contributed by atoms with Crippen molar-refractivity contribution in [3.63, 3.8) is 0 Å². The Balaban J connectivity index is 1.32. The summed E-state index contributed by atoms with van der Waals surface area (Å²) in [5.74, 6) is 3.22. The zero-order valence-electron chi connectivity index (χ0n) is 15.0. The van der Waals surface area contributed by atoms with Crippen LogP contribution in [0.3, 0.4) is 0 Å². The Morgan fingerprint density at radius 3 is 2.59 bits per heavy atom. The van der Waals surface area contributed by atoms with Crippen molar-refractivity contribution in [2.75, 3.05) is 24.6 Å². The van der Waals surface area contributed by atoms with E-state index in [-0.39, 0.29) is 6.10 Å². The van der Waals surface area contributed by atoms with Crippen molar-refractivity contribution in [2.45, 2.75) is 25.5 Å². The van der Waals surface area contributed by atoms with Gasteiger partial charge in [-0.25, -0.2) is 15.0 Å². The van der Waals surface area contributed by atoms with Crippen LogP contribution in [0, 0.1) is 0 Å². The Labute approximate surface area is 157 Å². The van der Waals surface area contributed by atoms with E-state index < -0.39 is 0 Å². The summed E-state index contributed by atoms with van der Waals surface area (Å²) in [6.07, 6.45) is 9.80. The molecule has 7 heteroatoms. The van der Waals surface area contributed by atoms with Crippen molar-refractivity contribution in [1.82, 2.24) is 19.5 Å². The molecule has 0 aliphatic carbocycles. The number of para-hydroxylation sites is 2. The van der Waals surface area contributed by atoms with Crippen molar-refractivity contribution in [2.24, 2.45) is 0 Å². The maximum Gasteiger partial charge on any atom is 0.225 e. The Morgan fingerprint density at radius 1 is 1.00 bits per heavy atom. The summed E-state index contributed by atoms with van der Waals surface area (Å²) < 4.78 is 14.0. The van der Waals surface area contributed by atoms with Crippen molar-refractivity contribution < 1.29 is 9.47 Å². The number of ether oxygens (including phenoxy) is 2. The molecule has 138 valence electrons. The third-order valence-electron chi connectivity index (χ3n) is 4.97. The monoisotopic (exact) mass is 363 g/mol. The van der Waals surface area contributed by atoms with E-state index in [9.17, 15) is 0 Å². The summed E-state index contributed by atoms with van der Waals surface area (Å²) in [6.45, 7) is 3.24. The standard InChI is InChI=1S/C20H21N5O2/c1-2-6-18-17(5-1)26-14-16(27-18)13-25-10-7-21-19(25)15-11-22-20(23-12-15)24-8-3-4-9-24/h1-2,5-7,10-12,16H,3-4,8-9,13-14H2/t16-/m1/s1. The fourth-order valence-electron chi connectivity index (χ4n) is 3.61. The van der Waals surface area contributed by atoms with Gasteiger partial charge in [-0.1, -0.05) is 12.1 Å². The smallest absolute Gasteiger partial charge is 0.225 e. The van der Waals surface area contributed by atoms with Crippen LogP contribution >= 0.6 is 0 Å². The molecule has 0 spiro atoms. The summed E-state index contributed by atoms with van der Waals surface area (Å²) in [4.78, 5) is 15.8. The molecular weight excluding hydrogens is 342 g/mol. The van der Waals surface area contributed by atoms with Gasteiger partial charge in [0.1, 0.15) is 12.4 Å². The molecule has 1 aromatic carbocycles. The molecule has 2 aliphatic rings. The third-order valence-corrected chi connectivity index (χ3v) is 4.97. The van der Waals surface area contributed by atoms with Crippen LogP contribution in [0.25, 0.3) is 11.4 Å². The highest BCUT2D eigenvalue weighted by molar-refractivity contribution is 5.54. The minimum absolute atomic E-state index is 0.0716. The number of benzene rings is 1. The fourth-order valence-corrected chi connectivity index (χ4v) is 3.61. The molecule has 0 radical (unpaired) electrons. The number of anilines is 1. The Hall–Kier alpha value is -3.09. The average molecular weight is 363 g/mol. The van der Waals surface area contributed by atoms with Crippen LogP contribution in [-0.2, 0) is 6.54 Å². The molecule has 1 atom stereocenters. The zero-order chi connectivity index (χ0) is 18.1. The Bertz CT molecular complexity index is 918.